The first-order valence-corrected chi connectivity index (χ1v) is 8.20. The molecular formula is C19H17ClN2O4. The van der Waals surface area contributed by atoms with Gasteiger partial charge in [0.05, 0.1) is 20.8 Å². The van der Waals surface area contributed by atoms with E-state index in [4.69, 9.17) is 25.6 Å². The Labute approximate surface area is 155 Å². The number of rotatable bonds is 6. The molecule has 7 heteroatoms. The average Bonchev–Trinajstić information content (AvgIpc) is 3.15. The van der Waals surface area contributed by atoms with E-state index in [0.717, 1.165) is 5.56 Å². The first-order chi connectivity index (χ1) is 12.6. The Bertz CT molecular complexity index is 906. The van der Waals surface area contributed by atoms with Crippen LogP contribution < -0.4 is 14.8 Å². The molecular weight excluding hydrogens is 356 g/mol. The summed E-state index contributed by atoms with van der Waals surface area (Å²) >= 11 is 5.82. The van der Waals surface area contributed by atoms with Gasteiger partial charge in [-0.2, -0.15) is 0 Å². The molecule has 3 aromatic rings. The number of hydrogen-bond donors (Lipinski definition) is 1. The maximum Gasteiger partial charge on any atom is 0.251 e. The van der Waals surface area contributed by atoms with Gasteiger partial charge in [0.25, 0.3) is 5.91 Å². The summed E-state index contributed by atoms with van der Waals surface area (Å²) in [6, 6.07) is 13.9. The second kappa shape index (κ2) is 7.93. The van der Waals surface area contributed by atoms with Gasteiger partial charge in [0, 0.05) is 22.2 Å². The number of halogens is 1. The van der Waals surface area contributed by atoms with Crippen LogP contribution in [0.4, 0.5) is 0 Å². The number of nitrogens with zero attached hydrogens (tertiary/aromatic N) is 1. The molecule has 0 aliphatic heterocycles. The van der Waals surface area contributed by atoms with E-state index >= 15 is 0 Å². The van der Waals surface area contributed by atoms with Gasteiger partial charge >= 0.3 is 0 Å². The molecule has 3 rings (SSSR count). The molecule has 0 saturated carbocycles. The number of carbonyl (C=O) groups excluding carboxylic acids is 1. The van der Waals surface area contributed by atoms with Crippen molar-refractivity contribution in [2.75, 3.05) is 14.2 Å². The molecule has 134 valence electrons. The van der Waals surface area contributed by atoms with Gasteiger partial charge < -0.3 is 19.3 Å². The summed E-state index contributed by atoms with van der Waals surface area (Å²) in [4.78, 5) is 12.1. The van der Waals surface area contributed by atoms with E-state index in [2.05, 4.69) is 10.5 Å². The van der Waals surface area contributed by atoms with Crippen LogP contribution in [0, 0.1) is 0 Å². The monoisotopic (exact) mass is 372 g/mol. The van der Waals surface area contributed by atoms with Crippen molar-refractivity contribution in [2.24, 2.45) is 0 Å². The van der Waals surface area contributed by atoms with E-state index in [0.29, 0.717) is 33.5 Å². The summed E-state index contributed by atoms with van der Waals surface area (Å²) in [5.41, 5.74) is 1.93. The van der Waals surface area contributed by atoms with Crippen molar-refractivity contribution in [1.82, 2.24) is 10.5 Å². The Hall–Kier alpha value is -2.99. The molecule has 0 aliphatic carbocycles. The van der Waals surface area contributed by atoms with Gasteiger partial charge in [0.15, 0.2) is 17.3 Å². The Kier molecular flexibility index (Phi) is 5.43. The number of carbonyl (C=O) groups is 1. The van der Waals surface area contributed by atoms with E-state index < -0.39 is 0 Å². The van der Waals surface area contributed by atoms with E-state index in [1.54, 1.807) is 56.7 Å². The number of nitrogens with one attached hydrogen (secondary N) is 1. The summed E-state index contributed by atoms with van der Waals surface area (Å²) in [6.45, 7) is 0.248. The van der Waals surface area contributed by atoms with Gasteiger partial charge in [0.2, 0.25) is 0 Å². The molecule has 2 aromatic carbocycles. The van der Waals surface area contributed by atoms with Gasteiger partial charge in [-0.3, -0.25) is 4.79 Å². The largest absolute Gasteiger partial charge is 0.493 e. The Morgan fingerprint density at radius 3 is 2.50 bits per heavy atom. The first-order valence-electron chi connectivity index (χ1n) is 7.82. The van der Waals surface area contributed by atoms with Gasteiger partial charge in [-0.05, 0) is 42.5 Å². The van der Waals surface area contributed by atoms with Crippen molar-refractivity contribution in [3.05, 3.63) is 64.8 Å². The highest BCUT2D eigenvalue weighted by atomic mass is 35.5. The second-order valence-corrected chi connectivity index (χ2v) is 5.88. The molecule has 0 fully saturated rings. The van der Waals surface area contributed by atoms with Crippen molar-refractivity contribution in [2.45, 2.75) is 6.54 Å². The van der Waals surface area contributed by atoms with E-state index in [1.165, 1.54) is 0 Å². The Morgan fingerprint density at radius 2 is 1.81 bits per heavy atom. The summed E-state index contributed by atoms with van der Waals surface area (Å²) < 4.78 is 15.9. The molecule has 0 unspecified atom stereocenters. The molecule has 0 saturated heterocycles. The maximum atomic E-state index is 12.1. The number of benzene rings is 2. The molecule has 0 spiro atoms. The molecule has 1 aromatic heterocycles. The molecule has 1 N–H and O–H groups in total. The Balaban J connectivity index is 1.68. The minimum atomic E-state index is -0.211. The van der Waals surface area contributed by atoms with Crippen LogP contribution in [-0.4, -0.2) is 25.3 Å². The number of ether oxygens (including phenoxy) is 2. The summed E-state index contributed by atoms with van der Waals surface area (Å²) in [5.74, 6) is 1.59. The van der Waals surface area contributed by atoms with Crippen LogP contribution in [0.1, 0.15) is 16.1 Å². The minimum Gasteiger partial charge on any atom is -0.493 e. The zero-order chi connectivity index (χ0) is 18.5. The van der Waals surface area contributed by atoms with Gasteiger partial charge in [-0.1, -0.05) is 16.8 Å². The lowest BCUT2D eigenvalue weighted by molar-refractivity contribution is 0.0950. The van der Waals surface area contributed by atoms with Gasteiger partial charge in [-0.15, -0.1) is 0 Å². The van der Waals surface area contributed by atoms with Crippen LogP contribution in [0.25, 0.3) is 11.3 Å². The quantitative estimate of drug-likeness (QED) is 0.709. The topological polar surface area (TPSA) is 73.6 Å². The van der Waals surface area contributed by atoms with Crippen molar-refractivity contribution in [1.29, 1.82) is 0 Å². The molecule has 0 radical (unpaired) electrons. The fourth-order valence-electron chi connectivity index (χ4n) is 2.39. The molecule has 0 bridgehead atoms. The lowest BCUT2D eigenvalue weighted by Gasteiger charge is -2.07. The smallest absolute Gasteiger partial charge is 0.251 e. The first kappa shape index (κ1) is 17.8. The van der Waals surface area contributed by atoms with Crippen LogP contribution in [0.2, 0.25) is 5.02 Å². The molecule has 1 heterocycles. The lowest BCUT2D eigenvalue weighted by atomic mass is 10.1. The third-order valence-corrected chi connectivity index (χ3v) is 4.02. The highest BCUT2D eigenvalue weighted by molar-refractivity contribution is 6.30. The van der Waals surface area contributed by atoms with Crippen molar-refractivity contribution in [3.63, 3.8) is 0 Å². The van der Waals surface area contributed by atoms with Crippen LogP contribution in [0.5, 0.6) is 11.5 Å². The average molecular weight is 373 g/mol. The number of methoxy groups -OCH3 is 2. The molecule has 0 atom stereocenters. The Morgan fingerprint density at radius 1 is 1.08 bits per heavy atom. The summed E-state index contributed by atoms with van der Waals surface area (Å²) in [6.07, 6.45) is 0. The summed E-state index contributed by atoms with van der Waals surface area (Å²) in [5, 5.41) is 7.36. The van der Waals surface area contributed by atoms with Gasteiger partial charge in [-0.25, -0.2) is 0 Å². The lowest BCUT2D eigenvalue weighted by Crippen LogP contribution is -2.22. The zero-order valence-corrected chi connectivity index (χ0v) is 15.0. The second-order valence-electron chi connectivity index (χ2n) is 5.44. The normalized spacial score (nSPS) is 10.4. The highest BCUT2D eigenvalue weighted by Crippen LogP contribution is 2.32. The molecule has 26 heavy (non-hydrogen) atoms. The number of aromatic nitrogens is 1. The van der Waals surface area contributed by atoms with Gasteiger partial charge in [0.1, 0.15) is 5.69 Å². The minimum absolute atomic E-state index is 0.211. The third-order valence-electron chi connectivity index (χ3n) is 3.76. The standard InChI is InChI=1S/C19H17ClN2O4/c1-24-16-8-5-13(9-18(16)25-2)17-10-15(22-26-17)11-21-19(23)12-3-6-14(20)7-4-12/h3-10H,11H2,1-2H3,(H,21,23). The van der Waals surface area contributed by atoms with Crippen LogP contribution in [-0.2, 0) is 6.54 Å². The fraction of sp³-hybridized carbons (Fsp3) is 0.158. The predicted molar refractivity (Wildman–Crippen MR) is 97.7 cm³/mol. The van der Waals surface area contributed by atoms with E-state index in [9.17, 15) is 4.79 Å². The summed E-state index contributed by atoms with van der Waals surface area (Å²) in [7, 11) is 3.15. The maximum absolute atomic E-state index is 12.1. The molecule has 0 aliphatic rings. The SMILES string of the molecule is COc1ccc(-c2cc(CNC(=O)c3ccc(Cl)cc3)no2)cc1OC. The predicted octanol–water partition coefficient (Wildman–Crippen LogP) is 3.94. The third kappa shape index (κ3) is 3.97. The van der Waals surface area contributed by atoms with E-state index in [1.807, 2.05) is 6.07 Å². The van der Waals surface area contributed by atoms with E-state index in [-0.39, 0.29) is 12.5 Å². The van der Waals surface area contributed by atoms with Crippen LogP contribution >= 0.6 is 11.6 Å². The van der Waals surface area contributed by atoms with Crippen LogP contribution in [0.15, 0.2) is 53.1 Å². The number of amides is 1. The van der Waals surface area contributed by atoms with Crippen molar-refractivity contribution < 1.29 is 18.8 Å². The van der Waals surface area contributed by atoms with Crippen molar-refractivity contribution in [3.8, 4) is 22.8 Å². The highest BCUT2D eigenvalue weighted by Gasteiger charge is 2.12. The van der Waals surface area contributed by atoms with Crippen LogP contribution in [0.3, 0.4) is 0 Å². The van der Waals surface area contributed by atoms with Crippen molar-refractivity contribution >= 4 is 17.5 Å². The number of hydrogen-bond acceptors (Lipinski definition) is 5. The molecule has 6 nitrogen and oxygen atoms in total. The zero-order valence-electron chi connectivity index (χ0n) is 14.3. The fourth-order valence-corrected chi connectivity index (χ4v) is 2.52. The molecule has 1 amide bonds.